The van der Waals surface area contributed by atoms with E-state index in [1.54, 1.807) is 23.5 Å². The molecular formula is C19H20N4OS. The number of nitrogen functional groups attached to an aromatic ring is 1. The Hall–Kier alpha value is -2.47. The van der Waals surface area contributed by atoms with Gasteiger partial charge in [-0.25, -0.2) is 4.68 Å². The lowest BCUT2D eigenvalue weighted by atomic mass is 9.91. The lowest BCUT2D eigenvalue weighted by Crippen LogP contribution is -2.13. The first-order valence-corrected chi connectivity index (χ1v) is 9.24. The standard InChI is InChI=1S/C19H20N4OS/c1-24-16-11-5-4-10-15(16)18-21-22-19(23(18)20)25-17-12-6-8-13-7-2-3-9-14(13)17/h2-5,7,9-11,17H,6,8,12,20H2,1H3. The van der Waals surface area contributed by atoms with E-state index >= 15 is 0 Å². The van der Waals surface area contributed by atoms with Gasteiger partial charge in [0, 0.05) is 5.25 Å². The third-order valence-corrected chi connectivity index (χ3v) is 5.84. The van der Waals surface area contributed by atoms with Gasteiger partial charge in [0.15, 0.2) is 5.82 Å². The molecule has 1 aliphatic carbocycles. The minimum absolute atomic E-state index is 0.363. The van der Waals surface area contributed by atoms with Crippen LogP contribution in [0.5, 0.6) is 5.75 Å². The van der Waals surface area contributed by atoms with Gasteiger partial charge in [-0.2, -0.15) is 0 Å². The molecule has 25 heavy (non-hydrogen) atoms. The Balaban J connectivity index is 1.65. The number of fused-ring (bicyclic) bond motifs is 1. The van der Waals surface area contributed by atoms with Crippen LogP contribution in [0.15, 0.2) is 53.7 Å². The van der Waals surface area contributed by atoms with Gasteiger partial charge < -0.3 is 10.6 Å². The summed E-state index contributed by atoms with van der Waals surface area (Å²) in [5.41, 5.74) is 3.66. The topological polar surface area (TPSA) is 66.0 Å². The largest absolute Gasteiger partial charge is 0.496 e. The number of methoxy groups -OCH3 is 1. The highest BCUT2D eigenvalue weighted by atomic mass is 32.2. The maximum absolute atomic E-state index is 6.31. The Labute approximate surface area is 151 Å². The molecule has 4 rings (SSSR count). The van der Waals surface area contributed by atoms with E-state index in [-0.39, 0.29) is 0 Å². The van der Waals surface area contributed by atoms with Gasteiger partial charge in [0.2, 0.25) is 5.16 Å². The third kappa shape index (κ3) is 2.98. The molecule has 6 heteroatoms. The number of aryl methyl sites for hydroxylation is 1. The third-order valence-electron chi connectivity index (χ3n) is 4.57. The number of hydrogen-bond acceptors (Lipinski definition) is 5. The summed E-state index contributed by atoms with van der Waals surface area (Å²) in [5, 5.41) is 9.72. The summed E-state index contributed by atoms with van der Waals surface area (Å²) in [6, 6.07) is 16.3. The zero-order chi connectivity index (χ0) is 17.2. The van der Waals surface area contributed by atoms with Crippen molar-refractivity contribution in [3.05, 3.63) is 59.7 Å². The molecule has 1 atom stereocenters. The molecule has 128 valence electrons. The molecule has 0 amide bonds. The molecule has 2 aromatic carbocycles. The summed E-state index contributed by atoms with van der Waals surface area (Å²) >= 11 is 1.69. The van der Waals surface area contributed by atoms with Crippen molar-refractivity contribution < 1.29 is 4.74 Å². The van der Waals surface area contributed by atoms with Gasteiger partial charge in [0.05, 0.1) is 12.7 Å². The summed E-state index contributed by atoms with van der Waals surface area (Å²) in [6.07, 6.45) is 3.46. The smallest absolute Gasteiger partial charge is 0.210 e. The van der Waals surface area contributed by atoms with Crippen molar-refractivity contribution >= 4 is 11.8 Å². The van der Waals surface area contributed by atoms with Crippen LogP contribution < -0.4 is 10.6 Å². The number of para-hydroxylation sites is 1. The SMILES string of the molecule is COc1ccccc1-c1nnc(SC2CCCc3ccccc32)n1N. The van der Waals surface area contributed by atoms with Gasteiger partial charge in [-0.05, 0) is 42.5 Å². The normalized spacial score (nSPS) is 16.4. The molecule has 1 aliphatic rings. The van der Waals surface area contributed by atoms with Crippen molar-refractivity contribution in [2.24, 2.45) is 0 Å². The maximum Gasteiger partial charge on any atom is 0.210 e. The Morgan fingerprint density at radius 2 is 1.92 bits per heavy atom. The number of nitrogens with two attached hydrogens (primary N) is 1. The summed E-state index contributed by atoms with van der Waals surface area (Å²) in [5.74, 6) is 7.66. The molecule has 5 nitrogen and oxygen atoms in total. The molecule has 0 saturated carbocycles. The van der Waals surface area contributed by atoms with E-state index in [1.807, 2.05) is 24.3 Å². The van der Waals surface area contributed by atoms with Gasteiger partial charge in [-0.15, -0.1) is 10.2 Å². The van der Waals surface area contributed by atoms with Crippen molar-refractivity contribution in [2.75, 3.05) is 13.0 Å². The fourth-order valence-electron chi connectivity index (χ4n) is 3.33. The van der Waals surface area contributed by atoms with Crippen molar-refractivity contribution in [1.29, 1.82) is 0 Å². The summed E-state index contributed by atoms with van der Waals surface area (Å²) < 4.78 is 6.99. The van der Waals surface area contributed by atoms with Crippen LogP contribution in [0.25, 0.3) is 11.4 Å². The summed E-state index contributed by atoms with van der Waals surface area (Å²) in [6.45, 7) is 0. The predicted octanol–water partition coefficient (Wildman–Crippen LogP) is 3.84. The second kappa shape index (κ2) is 6.80. The van der Waals surface area contributed by atoms with Crippen molar-refractivity contribution in [1.82, 2.24) is 14.9 Å². The molecule has 0 saturated heterocycles. The molecule has 0 fully saturated rings. The van der Waals surface area contributed by atoms with Crippen LogP contribution in [-0.4, -0.2) is 22.0 Å². The van der Waals surface area contributed by atoms with Crippen LogP contribution in [0.4, 0.5) is 0 Å². The highest BCUT2D eigenvalue weighted by molar-refractivity contribution is 7.99. The zero-order valence-corrected chi connectivity index (χ0v) is 14.9. The molecule has 3 aromatic rings. The first-order chi connectivity index (χ1) is 12.3. The molecule has 0 spiro atoms. The molecule has 1 aromatic heterocycles. The highest BCUT2D eigenvalue weighted by Crippen LogP contribution is 2.43. The minimum Gasteiger partial charge on any atom is -0.496 e. The zero-order valence-electron chi connectivity index (χ0n) is 14.1. The second-order valence-electron chi connectivity index (χ2n) is 6.07. The molecule has 0 bridgehead atoms. The van der Waals surface area contributed by atoms with Crippen LogP contribution in [-0.2, 0) is 6.42 Å². The van der Waals surface area contributed by atoms with E-state index in [2.05, 4.69) is 34.5 Å². The maximum atomic E-state index is 6.31. The van der Waals surface area contributed by atoms with Crippen LogP contribution in [0, 0.1) is 0 Å². The van der Waals surface area contributed by atoms with Gasteiger partial charge in [-0.3, -0.25) is 0 Å². The van der Waals surface area contributed by atoms with Crippen molar-refractivity contribution in [3.63, 3.8) is 0 Å². The fourth-order valence-corrected chi connectivity index (χ4v) is 4.51. The average Bonchev–Trinajstić information content (AvgIpc) is 3.02. The number of rotatable bonds is 4. The molecule has 1 heterocycles. The molecular weight excluding hydrogens is 332 g/mol. The first-order valence-electron chi connectivity index (χ1n) is 8.36. The van der Waals surface area contributed by atoms with Crippen molar-refractivity contribution in [3.8, 4) is 17.1 Å². The van der Waals surface area contributed by atoms with E-state index in [0.29, 0.717) is 11.1 Å². The van der Waals surface area contributed by atoms with Gasteiger partial charge in [0.1, 0.15) is 5.75 Å². The Morgan fingerprint density at radius 3 is 2.80 bits per heavy atom. The van der Waals surface area contributed by atoms with E-state index in [1.165, 1.54) is 17.5 Å². The first kappa shape index (κ1) is 16.0. The highest BCUT2D eigenvalue weighted by Gasteiger charge is 2.24. The second-order valence-corrected chi connectivity index (χ2v) is 7.24. The molecule has 2 N–H and O–H groups in total. The van der Waals surface area contributed by atoms with Crippen LogP contribution in [0.1, 0.15) is 29.2 Å². The van der Waals surface area contributed by atoms with Gasteiger partial charge in [0.25, 0.3) is 0 Å². The summed E-state index contributed by atoms with van der Waals surface area (Å²) in [7, 11) is 1.64. The van der Waals surface area contributed by atoms with Crippen LogP contribution >= 0.6 is 11.8 Å². The average molecular weight is 352 g/mol. The number of thioether (sulfide) groups is 1. The molecule has 0 radical (unpaired) electrons. The molecule has 0 aliphatic heterocycles. The lowest BCUT2D eigenvalue weighted by molar-refractivity contribution is 0.416. The predicted molar refractivity (Wildman–Crippen MR) is 100 cm³/mol. The van der Waals surface area contributed by atoms with Crippen molar-refractivity contribution in [2.45, 2.75) is 29.7 Å². The van der Waals surface area contributed by atoms with E-state index in [9.17, 15) is 0 Å². The van der Waals surface area contributed by atoms with E-state index < -0.39 is 0 Å². The minimum atomic E-state index is 0.363. The Kier molecular flexibility index (Phi) is 4.36. The fraction of sp³-hybridized carbons (Fsp3) is 0.263. The Bertz CT molecular complexity index is 893. The van der Waals surface area contributed by atoms with E-state index in [4.69, 9.17) is 10.6 Å². The van der Waals surface area contributed by atoms with Gasteiger partial charge in [-0.1, -0.05) is 48.2 Å². The lowest BCUT2D eigenvalue weighted by Gasteiger charge is -2.24. The van der Waals surface area contributed by atoms with E-state index in [0.717, 1.165) is 29.3 Å². The number of ether oxygens (including phenoxy) is 1. The monoisotopic (exact) mass is 352 g/mol. The quantitative estimate of drug-likeness (QED) is 0.723. The number of benzene rings is 2. The van der Waals surface area contributed by atoms with Gasteiger partial charge >= 0.3 is 0 Å². The van der Waals surface area contributed by atoms with Crippen LogP contribution in [0.3, 0.4) is 0 Å². The number of aromatic nitrogens is 3. The molecule has 1 unspecified atom stereocenters. The number of hydrogen-bond donors (Lipinski definition) is 1. The Morgan fingerprint density at radius 1 is 1.12 bits per heavy atom. The van der Waals surface area contributed by atoms with Crippen LogP contribution in [0.2, 0.25) is 0 Å². The number of nitrogens with zero attached hydrogens (tertiary/aromatic N) is 3. The summed E-state index contributed by atoms with van der Waals surface area (Å²) in [4.78, 5) is 0.